The molecule has 1 aliphatic rings. The molecule has 1 aliphatic heterocycles. The first kappa shape index (κ1) is 19.1. The zero-order chi connectivity index (χ0) is 18.1. The van der Waals surface area contributed by atoms with Gasteiger partial charge in [-0.25, -0.2) is 4.39 Å². The van der Waals surface area contributed by atoms with E-state index in [1.807, 2.05) is 6.07 Å². The first-order valence-electron chi connectivity index (χ1n) is 8.10. The van der Waals surface area contributed by atoms with Gasteiger partial charge in [0.05, 0.1) is 17.6 Å². The van der Waals surface area contributed by atoms with E-state index in [-0.39, 0.29) is 35.6 Å². The van der Waals surface area contributed by atoms with Gasteiger partial charge in [0.1, 0.15) is 5.82 Å². The second-order valence-corrected chi connectivity index (χ2v) is 6.58. The lowest BCUT2D eigenvalue weighted by Gasteiger charge is -2.36. The number of carbonyl (C=O) groups excluding carboxylic acids is 2. The number of hydrogen-bond acceptors (Lipinski definition) is 5. The van der Waals surface area contributed by atoms with Gasteiger partial charge in [0.25, 0.3) is 0 Å². The number of nitrogens with one attached hydrogen (secondary N) is 1. The molecular weight excluding hydrogens is 343 g/mol. The van der Waals surface area contributed by atoms with E-state index in [0.29, 0.717) is 32.7 Å². The molecule has 8 heteroatoms. The van der Waals surface area contributed by atoms with Crippen LogP contribution in [0.15, 0.2) is 24.3 Å². The average molecular weight is 364 g/mol. The molecule has 0 aliphatic carbocycles. The molecule has 2 rings (SSSR count). The molecule has 1 heterocycles. The third-order valence-electron chi connectivity index (χ3n) is 3.88. The third-order valence-corrected chi connectivity index (χ3v) is 4.68. The maximum Gasteiger partial charge on any atom is 0.230 e. The highest BCUT2D eigenvalue weighted by atomic mass is 32.2. The van der Waals surface area contributed by atoms with Gasteiger partial charge in [0.15, 0.2) is 0 Å². The zero-order valence-electron chi connectivity index (χ0n) is 13.9. The monoisotopic (exact) mass is 364 g/mol. The maximum absolute atomic E-state index is 13.0. The zero-order valence-corrected chi connectivity index (χ0v) is 14.7. The van der Waals surface area contributed by atoms with Crippen LogP contribution >= 0.6 is 11.8 Å². The Balaban J connectivity index is 1.66. The van der Waals surface area contributed by atoms with Crippen molar-refractivity contribution >= 4 is 29.3 Å². The van der Waals surface area contributed by atoms with Crippen LogP contribution in [0.2, 0.25) is 0 Å². The second-order valence-electron chi connectivity index (χ2n) is 5.60. The van der Waals surface area contributed by atoms with Crippen LogP contribution in [0.25, 0.3) is 0 Å². The van der Waals surface area contributed by atoms with Gasteiger partial charge >= 0.3 is 0 Å². The van der Waals surface area contributed by atoms with Gasteiger partial charge in [0, 0.05) is 44.8 Å². The largest absolute Gasteiger partial charge is 0.368 e. The van der Waals surface area contributed by atoms with Crippen molar-refractivity contribution in [2.75, 3.05) is 49.1 Å². The van der Waals surface area contributed by atoms with Crippen molar-refractivity contribution in [2.24, 2.45) is 0 Å². The summed E-state index contributed by atoms with van der Waals surface area (Å²) in [7, 11) is 0. The fraction of sp³-hybridized carbons (Fsp3) is 0.471. The number of halogens is 1. The molecule has 0 atom stereocenters. The molecule has 0 spiro atoms. The Morgan fingerprint density at radius 3 is 2.52 bits per heavy atom. The molecule has 0 saturated carbocycles. The topological polar surface area (TPSA) is 76.4 Å². The lowest BCUT2D eigenvalue weighted by Crippen LogP contribution is -2.49. The number of piperazine rings is 1. The molecule has 0 aromatic heterocycles. The van der Waals surface area contributed by atoms with Crippen molar-refractivity contribution in [2.45, 2.75) is 6.42 Å². The predicted molar refractivity (Wildman–Crippen MR) is 95.8 cm³/mol. The van der Waals surface area contributed by atoms with Crippen molar-refractivity contribution in [3.05, 3.63) is 30.1 Å². The Hall–Kier alpha value is -2.27. The second kappa shape index (κ2) is 9.89. The van der Waals surface area contributed by atoms with E-state index in [0.717, 1.165) is 5.69 Å². The Morgan fingerprint density at radius 2 is 1.88 bits per heavy atom. The summed E-state index contributed by atoms with van der Waals surface area (Å²) in [5.74, 6) is 0.117. The molecule has 1 saturated heterocycles. The van der Waals surface area contributed by atoms with E-state index in [4.69, 9.17) is 5.26 Å². The van der Waals surface area contributed by atoms with Gasteiger partial charge in [-0.2, -0.15) is 5.26 Å². The molecular formula is C17H21FN4O2S. The van der Waals surface area contributed by atoms with E-state index in [1.165, 1.54) is 23.9 Å². The highest BCUT2D eigenvalue weighted by Gasteiger charge is 2.21. The molecule has 1 aromatic rings. The van der Waals surface area contributed by atoms with Gasteiger partial charge in [-0.1, -0.05) is 0 Å². The average Bonchev–Trinajstić information content (AvgIpc) is 2.63. The van der Waals surface area contributed by atoms with Crippen LogP contribution in [0.3, 0.4) is 0 Å². The Labute approximate surface area is 151 Å². The molecule has 134 valence electrons. The number of nitrogens with zero attached hydrogens (tertiary/aromatic N) is 3. The van der Waals surface area contributed by atoms with Crippen LogP contribution in [0.5, 0.6) is 0 Å². The Morgan fingerprint density at radius 1 is 1.20 bits per heavy atom. The summed E-state index contributed by atoms with van der Waals surface area (Å²) < 4.78 is 13.0. The molecule has 0 radical (unpaired) electrons. The Kier molecular flexibility index (Phi) is 7.54. The number of nitriles is 1. The van der Waals surface area contributed by atoms with Crippen LogP contribution in [0, 0.1) is 17.1 Å². The number of hydrogen-bond donors (Lipinski definition) is 1. The van der Waals surface area contributed by atoms with E-state index < -0.39 is 0 Å². The first-order chi connectivity index (χ1) is 12.1. The third kappa shape index (κ3) is 6.27. The first-order valence-corrected chi connectivity index (χ1v) is 9.25. The number of benzene rings is 1. The van der Waals surface area contributed by atoms with Gasteiger partial charge in [-0.05, 0) is 24.3 Å². The van der Waals surface area contributed by atoms with Gasteiger partial charge in [-0.3, -0.25) is 9.59 Å². The molecule has 2 amide bonds. The molecule has 0 unspecified atom stereocenters. The van der Waals surface area contributed by atoms with E-state index in [1.54, 1.807) is 17.0 Å². The van der Waals surface area contributed by atoms with Gasteiger partial charge in [-0.15, -0.1) is 11.8 Å². The lowest BCUT2D eigenvalue weighted by atomic mass is 10.2. The number of carbonyl (C=O) groups is 2. The van der Waals surface area contributed by atoms with Crippen LogP contribution < -0.4 is 10.2 Å². The van der Waals surface area contributed by atoms with Crippen molar-refractivity contribution in [1.82, 2.24) is 10.2 Å². The molecule has 1 fully saturated rings. The van der Waals surface area contributed by atoms with Crippen LogP contribution in [0.4, 0.5) is 10.1 Å². The molecule has 0 bridgehead atoms. The van der Waals surface area contributed by atoms with Crippen LogP contribution in [-0.2, 0) is 9.59 Å². The lowest BCUT2D eigenvalue weighted by molar-refractivity contribution is -0.131. The van der Waals surface area contributed by atoms with Crippen molar-refractivity contribution in [3.63, 3.8) is 0 Å². The fourth-order valence-corrected chi connectivity index (χ4v) is 3.05. The number of thioether (sulfide) groups is 1. The summed E-state index contributed by atoms with van der Waals surface area (Å²) in [6, 6.07) is 8.31. The van der Waals surface area contributed by atoms with Gasteiger partial charge in [0.2, 0.25) is 11.8 Å². The Bertz CT molecular complexity index is 625. The molecule has 1 aromatic carbocycles. The van der Waals surface area contributed by atoms with Crippen LogP contribution in [0.1, 0.15) is 6.42 Å². The maximum atomic E-state index is 13.0. The fourth-order valence-electron chi connectivity index (χ4n) is 2.57. The molecule has 25 heavy (non-hydrogen) atoms. The summed E-state index contributed by atoms with van der Waals surface area (Å²) in [5.41, 5.74) is 0.954. The summed E-state index contributed by atoms with van der Waals surface area (Å²) in [6.07, 6.45) is 0.269. The normalized spacial score (nSPS) is 14.1. The SMILES string of the molecule is N#CCSCC(=O)NCCC(=O)N1CCN(c2ccc(F)cc2)CC1. The van der Waals surface area contributed by atoms with Gasteiger partial charge < -0.3 is 15.1 Å². The number of amides is 2. The van der Waals surface area contributed by atoms with Crippen molar-refractivity contribution < 1.29 is 14.0 Å². The van der Waals surface area contributed by atoms with E-state index in [2.05, 4.69) is 10.2 Å². The summed E-state index contributed by atoms with van der Waals surface area (Å²) >= 11 is 1.25. The highest BCUT2D eigenvalue weighted by Crippen LogP contribution is 2.17. The standard InChI is InChI=1S/C17H21FN4O2S/c18-14-1-3-15(4-2-14)21-8-10-22(11-9-21)17(24)5-7-20-16(23)13-25-12-6-19/h1-4H,5,7-13H2,(H,20,23). The smallest absolute Gasteiger partial charge is 0.230 e. The quantitative estimate of drug-likeness (QED) is 0.737. The predicted octanol–water partition coefficient (Wildman–Crippen LogP) is 1.24. The number of rotatable bonds is 7. The van der Waals surface area contributed by atoms with Crippen molar-refractivity contribution in [3.8, 4) is 6.07 Å². The molecule has 1 N–H and O–H groups in total. The molecule has 6 nitrogen and oxygen atoms in total. The minimum Gasteiger partial charge on any atom is -0.368 e. The summed E-state index contributed by atoms with van der Waals surface area (Å²) in [5, 5.41) is 11.1. The summed E-state index contributed by atoms with van der Waals surface area (Å²) in [6.45, 7) is 2.94. The minimum atomic E-state index is -0.259. The summed E-state index contributed by atoms with van der Waals surface area (Å²) in [4.78, 5) is 27.6. The van der Waals surface area contributed by atoms with E-state index >= 15 is 0 Å². The van der Waals surface area contributed by atoms with Crippen LogP contribution in [-0.4, -0.2) is 60.9 Å². The van der Waals surface area contributed by atoms with Crippen molar-refractivity contribution in [1.29, 1.82) is 5.26 Å². The number of anilines is 1. The van der Waals surface area contributed by atoms with E-state index in [9.17, 15) is 14.0 Å². The highest BCUT2D eigenvalue weighted by molar-refractivity contribution is 8.00. The minimum absolute atomic E-state index is 0.0173.